The van der Waals surface area contributed by atoms with Gasteiger partial charge in [0.2, 0.25) is 11.8 Å². The minimum atomic E-state index is -0.867. The SMILES string of the molecule is CC1(C(=O)O)CCCN(C(=O)CN2CCCCCCC2=O)C1. The van der Waals surface area contributed by atoms with Gasteiger partial charge < -0.3 is 14.9 Å². The molecule has 0 aromatic rings. The molecule has 1 atom stereocenters. The molecule has 2 aliphatic heterocycles. The van der Waals surface area contributed by atoms with Crippen LogP contribution in [0.25, 0.3) is 0 Å². The maximum Gasteiger partial charge on any atom is 0.311 e. The Bertz CT molecular complexity index is 451. The largest absolute Gasteiger partial charge is 0.481 e. The zero-order chi connectivity index (χ0) is 16.2. The summed E-state index contributed by atoms with van der Waals surface area (Å²) in [6.45, 7) is 3.24. The lowest BCUT2D eigenvalue weighted by atomic mass is 9.82. The van der Waals surface area contributed by atoms with Crippen molar-refractivity contribution in [3.05, 3.63) is 0 Å². The zero-order valence-electron chi connectivity index (χ0n) is 13.3. The van der Waals surface area contributed by atoms with E-state index in [1.807, 2.05) is 0 Å². The molecule has 2 fully saturated rings. The van der Waals surface area contributed by atoms with E-state index in [4.69, 9.17) is 0 Å². The molecule has 0 aromatic carbocycles. The van der Waals surface area contributed by atoms with E-state index in [-0.39, 0.29) is 24.9 Å². The fourth-order valence-electron chi connectivity index (χ4n) is 3.27. The third kappa shape index (κ3) is 3.99. The Morgan fingerprint density at radius 3 is 2.59 bits per heavy atom. The number of piperidine rings is 1. The predicted molar refractivity (Wildman–Crippen MR) is 81.2 cm³/mol. The lowest BCUT2D eigenvalue weighted by Crippen LogP contribution is -2.51. The lowest BCUT2D eigenvalue weighted by molar-refractivity contribution is -0.154. The molecule has 124 valence electrons. The Kier molecular flexibility index (Phi) is 5.42. The second-order valence-electron chi connectivity index (χ2n) is 6.76. The van der Waals surface area contributed by atoms with Crippen LogP contribution in [0.1, 0.15) is 51.9 Å². The highest BCUT2D eigenvalue weighted by molar-refractivity contribution is 5.85. The molecule has 1 N–H and O–H groups in total. The summed E-state index contributed by atoms with van der Waals surface area (Å²) in [5.41, 5.74) is -0.867. The van der Waals surface area contributed by atoms with Gasteiger partial charge in [0.15, 0.2) is 0 Å². The summed E-state index contributed by atoms with van der Waals surface area (Å²) in [6.07, 6.45) is 5.81. The quantitative estimate of drug-likeness (QED) is 0.856. The summed E-state index contributed by atoms with van der Waals surface area (Å²) < 4.78 is 0. The van der Waals surface area contributed by atoms with Crippen molar-refractivity contribution in [1.82, 2.24) is 9.80 Å². The van der Waals surface area contributed by atoms with Gasteiger partial charge in [-0.3, -0.25) is 14.4 Å². The van der Waals surface area contributed by atoms with Gasteiger partial charge in [-0.1, -0.05) is 12.8 Å². The van der Waals surface area contributed by atoms with Gasteiger partial charge in [-0.05, 0) is 32.6 Å². The van der Waals surface area contributed by atoms with Crippen molar-refractivity contribution in [3.8, 4) is 0 Å². The highest BCUT2D eigenvalue weighted by Gasteiger charge is 2.39. The van der Waals surface area contributed by atoms with Gasteiger partial charge >= 0.3 is 5.97 Å². The molecule has 0 aliphatic carbocycles. The molecule has 1 unspecified atom stereocenters. The van der Waals surface area contributed by atoms with Crippen LogP contribution in [-0.2, 0) is 14.4 Å². The van der Waals surface area contributed by atoms with Crippen LogP contribution in [0.3, 0.4) is 0 Å². The minimum absolute atomic E-state index is 0.0473. The van der Waals surface area contributed by atoms with Gasteiger partial charge in [-0.2, -0.15) is 0 Å². The number of carboxylic acids is 1. The summed E-state index contributed by atoms with van der Waals surface area (Å²) in [5, 5.41) is 9.33. The fraction of sp³-hybridized carbons (Fsp3) is 0.812. The van der Waals surface area contributed by atoms with E-state index in [2.05, 4.69) is 0 Å². The number of rotatable bonds is 3. The normalized spacial score (nSPS) is 27.2. The second kappa shape index (κ2) is 7.11. The van der Waals surface area contributed by atoms with E-state index in [0.717, 1.165) is 25.7 Å². The molecule has 2 rings (SSSR count). The number of hydrogen-bond donors (Lipinski definition) is 1. The summed E-state index contributed by atoms with van der Waals surface area (Å²) >= 11 is 0. The van der Waals surface area contributed by atoms with Crippen LogP contribution >= 0.6 is 0 Å². The first-order valence-electron chi connectivity index (χ1n) is 8.21. The van der Waals surface area contributed by atoms with Crippen LogP contribution in [0.5, 0.6) is 0 Å². The number of hydrogen-bond acceptors (Lipinski definition) is 3. The molecule has 0 bridgehead atoms. The molecule has 2 amide bonds. The first-order valence-corrected chi connectivity index (χ1v) is 8.21. The molecule has 6 nitrogen and oxygen atoms in total. The van der Waals surface area contributed by atoms with E-state index < -0.39 is 11.4 Å². The number of nitrogens with zero attached hydrogens (tertiary/aromatic N) is 2. The average Bonchev–Trinajstić information content (AvgIpc) is 2.46. The van der Waals surface area contributed by atoms with Gasteiger partial charge in [0, 0.05) is 26.1 Å². The Morgan fingerprint density at radius 1 is 1.14 bits per heavy atom. The molecule has 2 heterocycles. The first-order chi connectivity index (χ1) is 10.4. The van der Waals surface area contributed by atoms with Crippen LogP contribution < -0.4 is 0 Å². The highest BCUT2D eigenvalue weighted by atomic mass is 16.4. The molecule has 6 heteroatoms. The topological polar surface area (TPSA) is 77.9 Å². The molecule has 0 radical (unpaired) electrons. The van der Waals surface area contributed by atoms with Gasteiger partial charge in [-0.15, -0.1) is 0 Å². The van der Waals surface area contributed by atoms with E-state index in [1.165, 1.54) is 0 Å². The minimum Gasteiger partial charge on any atom is -0.481 e. The van der Waals surface area contributed by atoms with Gasteiger partial charge in [0.05, 0.1) is 12.0 Å². The summed E-state index contributed by atoms with van der Waals surface area (Å²) in [5.74, 6) is -0.931. The number of carbonyl (C=O) groups is 3. The Morgan fingerprint density at radius 2 is 1.86 bits per heavy atom. The third-order valence-electron chi connectivity index (χ3n) is 4.81. The monoisotopic (exact) mass is 310 g/mol. The van der Waals surface area contributed by atoms with Crippen molar-refractivity contribution in [1.29, 1.82) is 0 Å². The molecule has 0 spiro atoms. The van der Waals surface area contributed by atoms with Gasteiger partial charge in [0.1, 0.15) is 0 Å². The predicted octanol–water partition coefficient (Wildman–Crippen LogP) is 1.49. The van der Waals surface area contributed by atoms with Crippen molar-refractivity contribution in [2.45, 2.75) is 51.9 Å². The number of aliphatic carboxylic acids is 1. The number of amides is 2. The van der Waals surface area contributed by atoms with E-state index in [0.29, 0.717) is 32.4 Å². The molecule has 2 saturated heterocycles. The smallest absolute Gasteiger partial charge is 0.311 e. The van der Waals surface area contributed by atoms with Crippen LogP contribution in [0, 0.1) is 5.41 Å². The molecular weight excluding hydrogens is 284 g/mol. The zero-order valence-corrected chi connectivity index (χ0v) is 13.3. The van der Waals surface area contributed by atoms with Crippen LogP contribution in [0.2, 0.25) is 0 Å². The number of likely N-dealkylation sites (tertiary alicyclic amines) is 2. The molecule has 2 aliphatic rings. The first kappa shape index (κ1) is 16.8. The molecular formula is C16H26N2O4. The maximum absolute atomic E-state index is 12.5. The van der Waals surface area contributed by atoms with E-state index >= 15 is 0 Å². The van der Waals surface area contributed by atoms with E-state index in [1.54, 1.807) is 16.7 Å². The molecule has 0 aromatic heterocycles. The van der Waals surface area contributed by atoms with Crippen molar-refractivity contribution in [3.63, 3.8) is 0 Å². The Hall–Kier alpha value is -1.59. The summed E-state index contributed by atoms with van der Waals surface area (Å²) in [4.78, 5) is 39.2. The van der Waals surface area contributed by atoms with Crippen LogP contribution in [0.15, 0.2) is 0 Å². The Balaban J connectivity index is 1.95. The summed E-state index contributed by atoms with van der Waals surface area (Å²) in [6, 6.07) is 0. The molecule has 22 heavy (non-hydrogen) atoms. The van der Waals surface area contributed by atoms with Gasteiger partial charge in [-0.25, -0.2) is 0 Å². The van der Waals surface area contributed by atoms with Crippen molar-refractivity contribution in [2.75, 3.05) is 26.2 Å². The highest BCUT2D eigenvalue weighted by Crippen LogP contribution is 2.29. The fourth-order valence-corrected chi connectivity index (χ4v) is 3.27. The van der Waals surface area contributed by atoms with Crippen molar-refractivity contribution >= 4 is 17.8 Å². The lowest BCUT2D eigenvalue weighted by Gasteiger charge is -2.38. The molecule has 0 saturated carbocycles. The average molecular weight is 310 g/mol. The van der Waals surface area contributed by atoms with Crippen LogP contribution in [-0.4, -0.2) is 58.9 Å². The number of carboxylic acid groups (broad SMARTS) is 1. The third-order valence-corrected chi connectivity index (χ3v) is 4.81. The van der Waals surface area contributed by atoms with Crippen LogP contribution in [0.4, 0.5) is 0 Å². The second-order valence-corrected chi connectivity index (χ2v) is 6.76. The maximum atomic E-state index is 12.5. The van der Waals surface area contributed by atoms with E-state index in [9.17, 15) is 19.5 Å². The number of carbonyl (C=O) groups excluding carboxylic acids is 2. The standard InChI is InChI=1S/C16H26N2O4/c1-16(15(21)22)8-6-10-18(12-16)14(20)11-17-9-5-3-2-4-7-13(17)19/h2-12H2,1H3,(H,21,22). The van der Waals surface area contributed by atoms with Crippen molar-refractivity contribution < 1.29 is 19.5 Å². The Labute approximate surface area is 131 Å². The van der Waals surface area contributed by atoms with Gasteiger partial charge in [0.25, 0.3) is 0 Å². The summed E-state index contributed by atoms with van der Waals surface area (Å²) in [7, 11) is 0. The van der Waals surface area contributed by atoms with Crippen molar-refractivity contribution in [2.24, 2.45) is 5.41 Å².